The molecule has 1 atom stereocenters. The van der Waals surface area contributed by atoms with Crippen LogP contribution in [-0.4, -0.2) is 12.1 Å². The maximum Gasteiger partial charge on any atom is 0.128 e. The third kappa shape index (κ3) is 3.98. The van der Waals surface area contributed by atoms with Gasteiger partial charge in [-0.15, -0.1) is 11.6 Å². The maximum absolute atomic E-state index is 6.45. The van der Waals surface area contributed by atoms with Gasteiger partial charge in [0.25, 0.3) is 0 Å². The van der Waals surface area contributed by atoms with E-state index in [4.69, 9.17) is 16.3 Å². The highest BCUT2D eigenvalue weighted by Gasteiger charge is 2.11. The SMILES string of the molecule is COc1c(C)cnc(CCCC(Cl)c2ccccc2)c1C. The monoisotopic (exact) mass is 303 g/mol. The molecule has 1 unspecified atom stereocenters. The molecule has 2 nitrogen and oxygen atoms in total. The molecule has 21 heavy (non-hydrogen) atoms. The molecule has 2 rings (SSSR count). The summed E-state index contributed by atoms with van der Waals surface area (Å²) in [7, 11) is 1.71. The number of hydrogen-bond donors (Lipinski definition) is 0. The van der Waals surface area contributed by atoms with Gasteiger partial charge in [0.2, 0.25) is 0 Å². The van der Waals surface area contributed by atoms with Gasteiger partial charge < -0.3 is 4.74 Å². The molecule has 0 amide bonds. The quantitative estimate of drug-likeness (QED) is 0.700. The topological polar surface area (TPSA) is 22.1 Å². The van der Waals surface area contributed by atoms with Crippen molar-refractivity contribution in [3.63, 3.8) is 0 Å². The van der Waals surface area contributed by atoms with E-state index in [9.17, 15) is 0 Å². The van der Waals surface area contributed by atoms with Gasteiger partial charge in [-0.25, -0.2) is 0 Å². The summed E-state index contributed by atoms with van der Waals surface area (Å²) < 4.78 is 5.45. The first-order valence-corrected chi connectivity index (χ1v) is 7.75. The standard InChI is InChI=1S/C18H22ClNO/c1-13-12-20-17(14(2)18(13)21-3)11-7-10-16(19)15-8-5-4-6-9-15/h4-6,8-9,12,16H,7,10-11H2,1-3H3. The molecular weight excluding hydrogens is 282 g/mol. The van der Waals surface area contributed by atoms with Crippen molar-refractivity contribution < 1.29 is 4.74 Å². The third-order valence-corrected chi connectivity index (χ3v) is 4.25. The smallest absolute Gasteiger partial charge is 0.128 e. The zero-order valence-corrected chi connectivity index (χ0v) is 13.7. The zero-order chi connectivity index (χ0) is 15.2. The molecule has 112 valence electrons. The average Bonchev–Trinajstić information content (AvgIpc) is 2.51. The van der Waals surface area contributed by atoms with Gasteiger partial charge in [-0.2, -0.15) is 0 Å². The Morgan fingerprint density at radius 3 is 2.57 bits per heavy atom. The number of ether oxygens (including phenoxy) is 1. The largest absolute Gasteiger partial charge is 0.496 e. The first kappa shape index (κ1) is 15.8. The highest BCUT2D eigenvalue weighted by Crippen LogP contribution is 2.28. The van der Waals surface area contributed by atoms with Crippen LogP contribution in [0.5, 0.6) is 5.75 Å². The van der Waals surface area contributed by atoms with Crippen LogP contribution in [0, 0.1) is 13.8 Å². The Hall–Kier alpha value is -1.54. The first-order valence-electron chi connectivity index (χ1n) is 7.31. The average molecular weight is 304 g/mol. The number of nitrogens with zero attached hydrogens (tertiary/aromatic N) is 1. The lowest BCUT2D eigenvalue weighted by Crippen LogP contribution is -2.01. The maximum atomic E-state index is 6.45. The van der Waals surface area contributed by atoms with Crippen molar-refractivity contribution in [2.45, 2.75) is 38.5 Å². The highest BCUT2D eigenvalue weighted by molar-refractivity contribution is 6.20. The van der Waals surface area contributed by atoms with Gasteiger partial charge in [0.05, 0.1) is 12.5 Å². The van der Waals surface area contributed by atoms with Crippen LogP contribution in [0.1, 0.15) is 40.6 Å². The van der Waals surface area contributed by atoms with E-state index >= 15 is 0 Å². The fourth-order valence-electron chi connectivity index (χ4n) is 2.60. The molecule has 0 saturated heterocycles. The van der Waals surface area contributed by atoms with Crippen molar-refractivity contribution in [1.82, 2.24) is 4.98 Å². The molecule has 0 fully saturated rings. The highest BCUT2D eigenvalue weighted by atomic mass is 35.5. The summed E-state index contributed by atoms with van der Waals surface area (Å²) in [6.07, 6.45) is 4.78. The lowest BCUT2D eigenvalue weighted by atomic mass is 10.0. The molecule has 0 aliphatic carbocycles. The molecule has 1 aromatic heterocycles. The Morgan fingerprint density at radius 1 is 1.19 bits per heavy atom. The minimum Gasteiger partial charge on any atom is -0.496 e. The van der Waals surface area contributed by atoms with Gasteiger partial charge in [-0.3, -0.25) is 4.98 Å². The molecule has 0 bridgehead atoms. The Bertz CT molecular complexity index is 583. The lowest BCUT2D eigenvalue weighted by molar-refractivity contribution is 0.406. The van der Waals surface area contributed by atoms with Gasteiger partial charge in [0.15, 0.2) is 0 Å². The molecule has 0 aliphatic rings. The number of pyridine rings is 1. The fraction of sp³-hybridized carbons (Fsp3) is 0.389. The predicted molar refractivity (Wildman–Crippen MR) is 88.2 cm³/mol. The number of rotatable bonds is 6. The van der Waals surface area contributed by atoms with Gasteiger partial charge in [0, 0.05) is 23.0 Å². The number of alkyl halides is 1. The van der Waals surface area contributed by atoms with Crippen molar-refractivity contribution in [1.29, 1.82) is 0 Å². The van der Waals surface area contributed by atoms with Crippen molar-refractivity contribution >= 4 is 11.6 Å². The number of methoxy groups -OCH3 is 1. The number of halogens is 1. The molecule has 1 aromatic carbocycles. The zero-order valence-electron chi connectivity index (χ0n) is 12.9. The normalized spacial score (nSPS) is 12.2. The minimum atomic E-state index is 0.0684. The van der Waals surface area contributed by atoms with Crippen LogP contribution in [0.4, 0.5) is 0 Å². The number of hydrogen-bond acceptors (Lipinski definition) is 2. The van der Waals surface area contributed by atoms with Crippen LogP contribution in [-0.2, 0) is 6.42 Å². The summed E-state index contributed by atoms with van der Waals surface area (Å²) in [5, 5.41) is 0.0684. The molecule has 2 aromatic rings. The van der Waals surface area contributed by atoms with E-state index in [2.05, 4.69) is 24.0 Å². The van der Waals surface area contributed by atoms with E-state index in [1.165, 1.54) is 5.56 Å². The molecule has 0 spiro atoms. The van der Waals surface area contributed by atoms with Crippen LogP contribution >= 0.6 is 11.6 Å². The number of benzene rings is 1. The molecule has 1 heterocycles. The number of aromatic nitrogens is 1. The van der Waals surface area contributed by atoms with E-state index < -0.39 is 0 Å². The van der Waals surface area contributed by atoms with Crippen LogP contribution in [0.2, 0.25) is 0 Å². The van der Waals surface area contributed by atoms with Gasteiger partial charge >= 0.3 is 0 Å². The molecule has 3 heteroatoms. The Kier molecular flexibility index (Phi) is 5.63. The summed E-state index contributed by atoms with van der Waals surface area (Å²) in [6.45, 7) is 4.09. The summed E-state index contributed by atoms with van der Waals surface area (Å²) in [5.74, 6) is 0.950. The van der Waals surface area contributed by atoms with Gasteiger partial charge in [-0.1, -0.05) is 30.3 Å². The lowest BCUT2D eigenvalue weighted by Gasteiger charge is -2.13. The van der Waals surface area contributed by atoms with Gasteiger partial charge in [-0.05, 0) is 38.7 Å². The van der Waals surface area contributed by atoms with E-state index in [0.29, 0.717) is 0 Å². The second-order valence-corrected chi connectivity index (χ2v) is 5.84. The Morgan fingerprint density at radius 2 is 1.90 bits per heavy atom. The van der Waals surface area contributed by atoms with Crippen LogP contribution in [0.25, 0.3) is 0 Å². The predicted octanol–water partition coefficient (Wildman–Crippen LogP) is 5.01. The fourth-order valence-corrected chi connectivity index (χ4v) is 2.90. The van der Waals surface area contributed by atoms with E-state index in [1.54, 1.807) is 7.11 Å². The van der Waals surface area contributed by atoms with Gasteiger partial charge in [0.1, 0.15) is 5.75 Å². The summed E-state index contributed by atoms with van der Waals surface area (Å²) in [5.41, 5.74) is 4.52. The minimum absolute atomic E-state index is 0.0684. The van der Waals surface area contributed by atoms with E-state index in [-0.39, 0.29) is 5.38 Å². The molecule has 0 radical (unpaired) electrons. The number of aryl methyl sites for hydroxylation is 2. The van der Waals surface area contributed by atoms with E-state index in [1.807, 2.05) is 31.3 Å². The van der Waals surface area contributed by atoms with Crippen molar-refractivity contribution in [3.8, 4) is 5.75 Å². The molecule has 0 N–H and O–H groups in total. The third-order valence-electron chi connectivity index (χ3n) is 3.78. The first-order chi connectivity index (χ1) is 10.1. The molecule has 0 saturated carbocycles. The van der Waals surface area contributed by atoms with E-state index in [0.717, 1.165) is 41.8 Å². The van der Waals surface area contributed by atoms with Crippen LogP contribution in [0.3, 0.4) is 0 Å². The second kappa shape index (κ2) is 7.46. The van der Waals surface area contributed by atoms with Crippen molar-refractivity contribution in [3.05, 3.63) is 58.9 Å². The summed E-state index contributed by atoms with van der Waals surface area (Å²) >= 11 is 6.45. The second-order valence-electron chi connectivity index (χ2n) is 5.32. The molecular formula is C18H22ClNO. The summed E-state index contributed by atoms with van der Waals surface area (Å²) in [4.78, 5) is 4.53. The molecule has 0 aliphatic heterocycles. The Labute approximate surface area is 132 Å². The van der Waals surface area contributed by atoms with Crippen LogP contribution < -0.4 is 4.74 Å². The summed E-state index contributed by atoms with van der Waals surface area (Å²) in [6, 6.07) is 10.2. The van der Waals surface area contributed by atoms with Crippen molar-refractivity contribution in [2.75, 3.05) is 7.11 Å². The van der Waals surface area contributed by atoms with Crippen molar-refractivity contribution in [2.24, 2.45) is 0 Å². The van der Waals surface area contributed by atoms with Crippen LogP contribution in [0.15, 0.2) is 36.5 Å². The Balaban J connectivity index is 1.95.